The maximum atomic E-state index is 4.15. The van der Waals surface area contributed by atoms with Crippen LogP contribution in [0.25, 0.3) is 0 Å². The van der Waals surface area contributed by atoms with Crippen molar-refractivity contribution in [2.24, 2.45) is 7.05 Å². The van der Waals surface area contributed by atoms with Crippen molar-refractivity contribution >= 4 is 0 Å². The lowest BCUT2D eigenvalue weighted by Crippen LogP contribution is -2.18. The van der Waals surface area contributed by atoms with E-state index in [0.717, 1.165) is 19.5 Å². The van der Waals surface area contributed by atoms with Crippen molar-refractivity contribution in [3.8, 4) is 0 Å². The van der Waals surface area contributed by atoms with E-state index in [1.54, 1.807) is 0 Å². The summed E-state index contributed by atoms with van der Waals surface area (Å²) < 4.78 is 1.91. The molecule has 1 unspecified atom stereocenters. The third kappa shape index (κ3) is 3.44. The largest absolute Gasteiger partial charge is 0.311 e. The summed E-state index contributed by atoms with van der Waals surface area (Å²) in [4.78, 5) is 0. The lowest BCUT2D eigenvalue weighted by Gasteiger charge is -2.12. The molecule has 0 aliphatic carbocycles. The van der Waals surface area contributed by atoms with Crippen LogP contribution in [0.15, 0.2) is 42.6 Å². The molecule has 1 heterocycles. The summed E-state index contributed by atoms with van der Waals surface area (Å²) in [6, 6.07) is 12.7. The molecule has 0 aliphatic heterocycles. The van der Waals surface area contributed by atoms with Crippen LogP contribution in [0.2, 0.25) is 0 Å². The Morgan fingerprint density at radius 2 is 2.00 bits per heavy atom. The van der Waals surface area contributed by atoms with Crippen molar-refractivity contribution in [2.75, 3.05) is 6.54 Å². The van der Waals surface area contributed by atoms with Crippen LogP contribution < -0.4 is 5.32 Å². The van der Waals surface area contributed by atoms with Gasteiger partial charge in [0.25, 0.3) is 0 Å². The first-order chi connectivity index (χ1) is 8.77. The van der Waals surface area contributed by atoms with Crippen LogP contribution in [0.4, 0.5) is 0 Å². The average molecular weight is 243 g/mol. The van der Waals surface area contributed by atoms with Gasteiger partial charge in [0.1, 0.15) is 0 Å². The van der Waals surface area contributed by atoms with Gasteiger partial charge in [-0.15, -0.1) is 0 Å². The Bertz CT molecular complexity index is 462. The van der Waals surface area contributed by atoms with Crippen LogP contribution in [0.3, 0.4) is 0 Å². The molecule has 1 aromatic heterocycles. The van der Waals surface area contributed by atoms with Crippen LogP contribution in [-0.4, -0.2) is 16.3 Å². The molecule has 0 saturated heterocycles. The highest BCUT2D eigenvalue weighted by molar-refractivity contribution is 5.18. The van der Waals surface area contributed by atoms with Gasteiger partial charge in [-0.25, -0.2) is 0 Å². The van der Waals surface area contributed by atoms with Crippen molar-refractivity contribution < 1.29 is 0 Å². The number of benzene rings is 1. The molecule has 0 amide bonds. The Kier molecular flexibility index (Phi) is 4.53. The molecule has 18 heavy (non-hydrogen) atoms. The third-order valence-corrected chi connectivity index (χ3v) is 3.35. The predicted molar refractivity (Wildman–Crippen MR) is 74.4 cm³/mol. The van der Waals surface area contributed by atoms with E-state index in [2.05, 4.69) is 47.7 Å². The fourth-order valence-corrected chi connectivity index (χ4v) is 2.06. The SMILES string of the molecule is CC(CCNCc1ccnn1C)c1ccccc1. The molecule has 3 nitrogen and oxygen atoms in total. The van der Waals surface area contributed by atoms with E-state index >= 15 is 0 Å². The lowest BCUT2D eigenvalue weighted by molar-refractivity contribution is 0.573. The maximum absolute atomic E-state index is 4.15. The van der Waals surface area contributed by atoms with E-state index in [1.165, 1.54) is 11.3 Å². The van der Waals surface area contributed by atoms with Crippen molar-refractivity contribution in [1.82, 2.24) is 15.1 Å². The molecule has 1 aromatic carbocycles. The Labute approximate surface area is 109 Å². The maximum Gasteiger partial charge on any atom is 0.0518 e. The number of rotatable bonds is 6. The van der Waals surface area contributed by atoms with Crippen molar-refractivity contribution in [3.05, 3.63) is 53.9 Å². The quantitative estimate of drug-likeness (QED) is 0.791. The lowest BCUT2D eigenvalue weighted by atomic mass is 9.98. The fraction of sp³-hybridized carbons (Fsp3) is 0.400. The molecule has 0 spiro atoms. The molecule has 2 aromatic rings. The number of nitrogens with one attached hydrogen (secondary N) is 1. The second-order valence-corrected chi connectivity index (χ2v) is 4.72. The molecule has 0 bridgehead atoms. The second kappa shape index (κ2) is 6.36. The zero-order valence-corrected chi connectivity index (χ0v) is 11.1. The van der Waals surface area contributed by atoms with Gasteiger partial charge in [-0.3, -0.25) is 4.68 Å². The normalized spacial score (nSPS) is 12.6. The zero-order valence-electron chi connectivity index (χ0n) is 11.1. The second-order valence-electron chi connectivity index (χ2n) is 4.72. The van der Waals surface area contributed by atoms with Crippen LogP contribution in [0.5, 0.6) is 0 Å². The van der Waals surface area contributed by atoms with E-state index < -0.39 is 0 Å². The Morgan fingerprint density at radius 1 is 1.22 bits per heavy atom. The third-order valence-electron chi connectivity index (χ3n) is 3.35. The molecule has 0 fully saturated rings. The highest BCUT2D eigenvalue weighted by Gasteiger charge is 2.04. The standard InChI is InChI=1S/C15H21N3/c1-13(14-6-4-3-5-7-14)8-10-16-12-15-9-11-17-18(15)2/h3-7,9,11,13,16H,8,10,12H2,1-2H3. The van der Waals surface area contributed by atoms with E-state index in [9.17, 15) is 0 Å². The average Bonchev–Trinajstić information content (AvgIpc) is 2.81. The van der Waals surface area contributed by atoms with E-state index in [4.69, 9.17) is 0 Å². The molecule has 96 valence electrons. The minimum atomic E-state index is 0.602. The first-order valence-electron chi connectivity index (χ1n) is 6.50. The van der Waals surface area contributed by atoms with Gasteiger partial charge < -0.3 is 5.32 Å². The molecular weight excluding hydrogens is 222 g/mol. The number of hydrogen-bond acceptors (Lipinski definition) is 2. The van der Waals surface area contributed by atoms with Crippen LogP contribution in [0.1, 0.15) is 30.5 Å². The zero-order chi connectivity index (χ0) is 12.8. The summed E-state index contributed by atoms with van der Waals surface area (Å²) in [7, 11) is 1.98. The van der Waals surface area contributed by atoms with Crippen LogP contribution in [-0.2, 0) is 13.6 Å². The first kappa shape index (κ1) is 12.8. The van der Waals surface area contributed by atoms with Gasteiger partial charge in [0.05, 0.1) is 5.69 Å². The smallest absolute Gasteiger partial charge is 0.0518 e. The van der Waals surface area contributed by atoms with Gasteiger partial charge in [-0.2, -0.15) is 5.10 Å². The van der Waals surface area contributed by atoms with Crippen molar-refractivity contribution in [3.63, 3.8) is 0 Å². The Hall–Kier alpha value is -1.61. The van der Waals surface area contributed by atoms with Crippen molar-refractivity contribution in [2.45, 2.75) is 25.8 Å². The van der Waals surface area contributed by atoms with E-state index in [0.29, 0.717) is 5.92 Å². The monoisotopic (exact) mass is 243 g/mol. The molecule has 1 N–H and O–H groups in total. The highest BCUT2D eigenvalue weighted by Crippen LogP contribution is 2.17. The minimum Gasteiger partial charge on any atom is -0.311 e. The highest BCUT2D eigenvalue weighted by atomic mass is 15.3. The van der Waals surface area contributed by atoms with Gasteiger partial charge >= 0.3 is 0 Å². The number of nitrogens with zero attached hydrogens (tertiary/aromatic N) is 2. The summed E-state index contributed by atoms with van der Waals surface area (Å²) in [5.41, 5.74) is 2.64. The topological polar surface area (TPSA) is 29.9 Å². The Morgan fingerprint density at radius 3 is 2.67 bits per heavy atom. The molecule has 2 rings (SSSR count). The summed E-state index contributed by atoms with van der Waals surface area (Å²) in [6.07, 6.45) is 2.99. The molecule has 1 atom stereocenters. The minimum absolute atomic E-state index is 0.602. The summed E-state index contributed by atoms with van der Waals surface area (Å²) in [5.74, 6) is 0.602. The van der Waals surface area contributed by atoms with Gasteiger partial charge in [0.2, 0.25) is 0 Å². The van der Waals surface area contributed by atoms with Gasteiger partial charge in [0.15, 0.2) is 0 Å². The summed E-state index contributed by atoms with van der Waals surface area (Å²) in [5, 5.41) is 7.62. The molecular formula is C15H21N3. The number of hydrogen-bond donors (Lipinski definition) is 1. The summed E-state index contributed by atoms with van der Waals surface area (Å²) in [6.45, 7) is 4.19. The van der Waals surface area contributed by atoms with Gasteiger partial charge in [-0.05, 0) is 30.5 Å². The van der Waals surface area contributed by atoms with E-state index in [-0.39, 0.29) is 0 Å². The molecule has 0 radical (unpaired) electrons. The Balaban J connectivity index is 1.71. The first-order valence-corrected chi connectivity index (χ1v) is 6.50. The molecule has 3 heteroatoms. The van der Waals surface area contributed by atoms with Crippen LogP contribution >= 0.6 is 0 Å². The molecule has 0 saturated carbocycles. The number of aryl methyl sites for hydroxylation is 1. The molecule has 0 aliphatic rings. The van der Waals surface area contributed by atoms with Gasteiger partial charge in [0, 0.05) is 19.8 Å². The van der Waals surface area contributed by atoms with Crippen LogP contribution in [0, 0.1) is 0 Å². The van der Waals surface area contributed by atoms with E-state index in [1.807, 2.05) is 24.0 Å². The van der Waals surface area contributed by atoms with Gasteiger partial charge in [-0.1, -0.05) is 37.3 Å². The summed E-state index contributed by atoms with van der Waals surface area (Å²) >= 11 is 0. The predicted octanol–water partition coefficient (Wildman–Crippen LogP) is 2.70. The fourth-order valence-electron chi connectivity index (χ4n) is 2.06. The van der Waals surface area contributed by atoms with Crippen molar-refractivity contribution in [1.29, 1.82) is 0 Å². The number of aromatic nitrogens is 2.